The maximum Gasteiger partial charge on any atom is 0.327 e. The highest BCUT2D eigenvalue weighted by Crippen LogP contribution is 2.23. The highest BCUT2D eigenvalue weighted by Gasteiger charge is 2.37. The van der Waals surface area contributed by atoms with Crippen LogP contribution in [0.4, 0.5) is 0 Å². The first-order valence-corrected chi connectivity index (χ1v) is 13.1. The predicted octanol–water partition coefficient (Wildman–Crippen LogP) is -7.62. The van der Waals surface area contributed by atoms with Gasteiger partial charge in [0.1, 0.15) is 48.7 Å². The van der Waals surface area contributed by atoms with E-state index in [2.05, 4.69) is 0 Å². The van der Waals surface area contributed by atoms with Crippen LogP contribution in [0.25, 0.3) is 0 Å². The van der Waals surface area contributed by atoms with Gasteiger partial charge in [-0.2, -0.15) is 0 Å². The van der Waals surface area contributed by atoms with Crippen molar-refractivity contribution in [3.8, 4) is 0 Å². The zero-order chi connectivity index (χ0) is 29.7. The second-order valence-corrected chi connectivity index (χ2v) is 10.3. The summed E-state index contributed by atoms with van der Waals surface area (Å²) in [5, 5.41) is 116. The van der Waals surface area contributed by atoms with Crippen molar-refractivity contribution in [3.05, 3.63) is 0 Å². The van der Waals surface area contributed by atoms with Crippen LogP contribution in [-0.2, 0) is 19.2 Å². The van der Waals surface area contributed by atoms with E-state index in [4.69, 9.17) is 10.2 Å². The monoisotopic (exact) mass is 596 g/mol. The van der Waals surface area contributed by atoms with Crippen LogP contribution >= 0.6 is 21.6 Å². The molecule has 0 aliphatic heterocycles. The van der Waals surface area contributed by atoms with Crippen molar-refractivity contribution in [1.29, 1.82) is 0 Å². The quantitative estimate of drug-likeness (QED) is 0.0486. The molecule has 0 unspecified atom stereocenters. The number of carbonyl (C=O) groups excluding carboxylic acids is 2. The number of aliphatic hydroxyl groups excluding tert-OH is 10. The number of aliphatic carboxylic acids is 2. The molecule has 0 saturated heterocycles. The number of carbonyl (C=O) groups is 4. The van der Waals surface area contributed by atoms with Gasteiger partial charge in [0.25, 0.3) is 11.8 Å². The third kappa shape index (κ3) is 11.5. The molecular formula is C18H32N2O16S2. The van der Waals surface area contributed by atoms with Crippen molar-refractivity contribution in [2.75, 3.05) is 24.7 Å². The molecule has 0 aromatic carbocycles. The fraction of sp³-hybridized carbons (Fsp3) is 0.778. The lowest BCUT2D eigenvalue weighted by Crippen LogP contribution is -2.55. The Morgan fingerprint density at radius 3 is 1.08 bits per heavy atom. The summed E-state index contributed by atoms with van der Waals surface area (Å²) < 4.78 is 0. The Balaban J connectivity index is 4.93. The Morgan fingerprint density at radius 1 is 0.553 bits per heavy atom. The van der Waals surface area contributed by atoms with Gasteiger partial charge in [-0.25, -0.2) is 9.59 Å². The molecule has 38 heavy (non-hydrogen) atoms. The minimum Gasteiger partial charge on any atom is -0.480 e. The van der Waals surface area contributed by atoms with E-state index in [1.54, 1.807) is 0 Å². The van der Waals surface area contributed by atoms with Crippen LogP contribution in [0.2, 0.25) is 0 Å². The smallest absolute Gasteiger partial charge is 0.327 e. The van der Waals surface area contributed by atoms with E-state index in [1.807, 2.05) is 10.6 Å². The third-order valence-corrected chi connectivity index (χ3v) is 7.25. The van der Waals surface area contributed by atoms with E-state index < -0.39 is 109 Å². The van der Waals surface area contributed by atoms with Crippen molar-refractivity contribution in [2.24, 2.45) is 0 Å². The molecule has 0 spiro atoms. The molecule has 0 fully saturated rings. The summed E-state index contributed by atoms with van der Waals surface area (Å²) in [6.07, 6.45) is -17.4. The molecule has 14 N–H and O–H groups in total. The highest BCUT2D eigenvalue weighted by atomic mass is 33.1. The molecule has 20 heteroatoms. The van der Waals surface area contributed by atoms with E-state index in [-0.39, 0.29) is 0 Å². The molecule has 0 aromatic rings. The van der Waals surface area contributed by atoms with Crippen molar-refractivity contribution in [2.45, 2.75) is 60.9 Å². The number of nitrogens with one attached hydrogen (secondary N) is 2. The molecule has 0 aliphatic rings. The number of hydrogen-bond donors (Lipinski definition) is 14. The number of aliphatic hydroxyl groups is 10. The van der Waals surface area contributed by atoms with Gasteiger partial charge in [0.15, 0.2) is 12.2 Å². The lowest BCUT2D eigenvalue weighted by atomic mass is 10.0. The lowest BCUT2D eigenvalue weighted by molar-refractivity contribution is -0.152. The van der Waals surface area contributed by atoms with E-state index >= 15 is 0 Å². The first-order chi connectivity index (χ1) is 17.6. The summed E-state index contributed by atoms with van der Waals surface area (Å²) in [6, 6.07) is -3.40. The fourth-order valence-corrected chi connectivity index (χ4v) is 4.76. The second-order valence-electron chi connectivity index (χ2n) is 7.72. The number of carboxylic acid groups (broad SMARTS) is 2. The summed E-state index contributed by atoms with van der Waals surface area (Å²) in [4.78, 5) is 46.8. The Labute approximate surface area is 222 Å². The normalized spacial score (nSPS) is 19.5. The predicted molar refractivity (Wildman–Crippen MR) is 126 cm³/mol. The van der Waals surface area contributed by atoms with Gasteiger partial charge in [-0.1, -0.05) is 21.6 Å². The maximum absolute atomic E-state index is 12.0. The van der Waals surface area contributed by atoms with Crippen LogP contribution in [0.5, 0.6) is 0 Å². The van der Waals surface area contributed by atoms with Gasteiger partial charge >= 0.3 is 11.9 Å². The van der Waals surface area contributed by atoms with Gasteiger partial charge in [-0.15, -0.1) is 0 Å². The minimum atomic E-state index is -2.39. The first kappa shape index (κ1) is 36.2. The minimum absolute atomic E-state index is 0.441. The summed E-state index contributed by atoms with van der Waals surface area (Å²) in [5.41, 5.74) is 0. The largest absolute Gasteiger partial charge is 0.480 e. The number of amides is 2. The summed E-state index contributed by atoms with van der Waals surface area (Å²) in [5.74, 6) is -6.99. The standard InChI is InChI=1S/C18H32N2O16S2/c21-1-7(23)9(25)11(27)13(29)15(31)19-5(17(33)34)3-37-38-4-6(18(35)36)20-16(32)14(30)12(28)10(26)8(24)2-22/h5-14,21-30H,1-4H2,(H,19,31)(H,20,32)(H,33,34)(H,35,36)/t5-,6-,7+,8+,9+,10+,11-,12-,13+,14+/m0/s1. The van der Waals surface area contributed by atoms with Crippen LogP contribution in [0, 0.1) is 0 Å². The number of rotatable bonds is 19. The third-order valence-electron chi connectivity index (χ3n) is 4.83. The Kier molecular flexibility index (Phi) is 16.9. The molecule has 0 saturated carbocycles. The Bertz CT molecular complexity index is 717. The second kappa shape index (κ2) is 17.7. The fourth-order valence-electron chi connectivity index (χ4n) is 2.45. The molecule has 0 rings (SSSR count). The molecule has 0 aliphatic carbocycles. The molecule has 18 nitrogen and oxygen atoms in total. The average molecular weight is 597 g/mol. The van der Waals surface area contributed by atoms with E-state index in [1.165, 1.54) is 0 Å². The lowest BCUT2D eigenvalue weighted by Gasteiger charge is -2.26. The van der Waals surface area contributed by atoms with E-state index in [0.717, 1.165) is 0 Å². The first-order valence-electron chi connectivity index (χ1n) is 10.6. The maximum atomic E-state index is 12.0. The average Bonchev–Trinajstić information content (AvgIpc) is 2.89. The summed E-state index contributed by atoms with van der Waals surface area (Å²) in [7, 11) is 1.39. The van der Waals surface area contributed by atoms with Gasteiger partial charge in [-0.3, -0.25) is 9.59 Å². The number of hydrogen-bond acceptors (Lipinski definition) is 16. The molecular weight excluding hydrogens is 564 g/mol. The molecule has 10 atom stereocenters. The van der Waals surface area contributed by atoms with Crippen molar-refractivity contribution >= 4 is 45.3 Å². The van der Waals surface area contributed by atoms with Gasteiger partial charge in [-0.05, 0) is 0 Å². The van der Waals surface area contributed by atoms with Gasteiger partial charge in [0.2, 0.25) is 0 Å². The van der Waals surface area contributed by atoms with Gasteiger partial charge < -0.3 is 71.9 Å². The Hall–Kier alpha value is -1.82. The molecule has 0 radical (unpaired) electrons. The van der Waals surface area contributed by atoms with E-state index in [0.29, 0.717) is 21.6 Å². The van der Waals surface area contributed by atoms with Crippen LogP contribution < -0.4 is 10.6 Å². The Morgan fingerprint density at radius 2 is 0.842 bits per heavy atom. The van der Waals surface area contributed by atoms with Gasteiger partial charge in [0, 0.05) is 11.5 Å². The zero-order valence-corrected chi connectivity index (χ0v) is 21.1. The van der Waals surface area contributed by atoms with Crippen molar-refractivity contribution in [1.82, 2.24) is 10.6 Å². The highest BCUT2D eigenvalue weighted by molar-refractivity contribution is 8.76. The summed E-state index contributed by atoms with van der Waals surface area (Å²) in [6.45, 7) is -2.02. The molecule has 0 bridgehead atoms. The topological polar surface area (TPSA) is 335 Å². The van der Waals surface area contributed by atoms with Crippen LogP contribution in [0.1, 0.15) is 0 Å². The molecule has 222 valence electrons. The van der Waals surface area contributed by atoms with Crippen molar-refractivity contribution in [3.63, 3.8) is 0 Å². The van der Waals surface area contributed by atoms with E-state index in [9.17, 15) is 70.2 Å². The molecule has 0 aromatic heterocycles. The molecule has 0 heterocycles. The number of carboxylic acids is 2. The van der Waals surface area contributed by atoms with Crippen LogP contribution in [-0.4, -0.2) is 171 Å². The zero-order valence-electron chi connectivity index (χ0n) is 19.4. The SMILES string of the molecule is O=C(O)[C@H](CSSC[C@H](NC(=O)[C@H](O)[C@@H](O)[C@H](O)[C@H](O)CO)C(=O)O)NC(=O)[C@H](O)[C@@H](O)[C@H](O)[C@H](O)CO. The van der Waals surface area contributed by atoms with Crippen LogP contribution in [0.15, 0.2) is 0 Å². The summed E-state index contributed by atoms with van der Waals surface area (Å²) >= 11 is 0. The van der Waals surface area contributed by atoms with Crippen molar-refractivity contribution < 1.29 is 80.5 Å². The molecule has 2 amide bonds. The van der Waals surface area contributed by atoms with Gasteiger partial charge in [0.05, 0.1) is 13.2 Å². The van der Waals surface area contributed by atoms with Crippen LogP contribution in [0.3, 0.4) is 0 Å².